The van der Waals surface area contributed by atoms with Crippen LogP contribution in [0.4, 0.5) is 0 Å². The molecule has 2 aliphatic rings. The summed E-state index contributed by atoms with van der Waals surface area (Å²) in [5.74, 6) is 1.50. The molecule has 18 heavy (non-hydrogen) atoms. The SMILES string of the molecule is CC(C)CC(C)C(CN)N1CCN(C2CC2)CC1. The monoisotopic (exact) mass is 253 g/mol. The van der Waals surface area contributed by atoms with Crippen molar-refractivity contribution < 1.29 is 0 Å². The summed E-state index contributed by atoms with van der Waals surface area (Å²) in [6.07, 6.45) is 4.17. The first-order chi connectivity index (χ1) is 8.61. The summed E-state index contributed by atoms with van der Waals surface area (Å²) in [4.78, 5) is 5.32. The molecule has 2 atom stereocenters. The van der Waals surface area contributed by atoms with E-state index in [2.05, 4.69) is 30.6 Å². The molecule has 3 heteroatoms. The molecule has 2 fully saturated rings. The highest BCUT2D eigenvalue weighted by molar-refractivity contribution is 4.90. The Balaban J connectivity index is 1.81. The Kier molecular flexibility index (Phi) is 5.05. The van der Waals surface area contributed by atoms with Crippen molar-refractivity contribution >= 4 is 0 Å². The van der Waals surface area contributed by atoms with Gasteiger partial charge >= 0.3 is 0 Å². The molecule has 1 saturated carbocycles. The average Bonchev–Trinajstić information content (AvgIpc) is 3.14. The lowest BCUT2D eigenvalue weighted by Crippen LogP contribution is -2.54. The Labute approximate surface area is 113 Å². The molecule has 106 valence electrons. The largest absolute Gasteiger partial charge is 0.329 e. The van der Waals surface area contributed by atoms with Crippen molar-refractivity contribution in [1.29, 1.82) is 0 Å². The van der Waals surface area contributed by atoms with Crippen LogP contribution < -0.4 is 5.73 Å². The molecule has 0 aromatic carbocycles. The van der Waals surface area contributed by atoms with Gasteiger partial charge in [0.05, 0.1) is 0 Å². The molecule has 1 aliphatic heterocycles. The van der Waals surface area contributed by atoms with Crippen molar-refractivity contribution in [2.24, 2.45) is 17.6 Å². The quantitative estimate of drug-likeness (QED) is 0.783. The van der Waals surface area contributed by atoms with Crippen molar-refractivity contribution in [2.45, 2.75) is 52.1 Å². The summed E-state index contributed by atoms with van der Waals surface area (Å²) in [6, 6.07) is 1.52. The predicted molar refractivity (Wildman–Crippen MR) is 77.6 cm³/mol. The van der Waals surface area contributed by atoms with Crippen LogP contribution in [0, 0.1) is 11.8 Å². The van der Waals surface area contributed by atoms with E-state index in [9.17, 15) is 0 Å². The van der Waals surface area contributed by atoms with Crippen LogP contribution in [0.15, 0.2) is 0 Å². The fourth-order valence-corrected chi connectivity index (χ4v) is 3.52. The van der Waals surface area contributed by atoms with Crippen LogP contribution in [-0.4, -0.2) is 54.6 Å². The maximum atomic E-state index is 6.03. The normalized spacial score (nSPS) is 26.5. The van der Waals surface area contributed by atoms with Crippen LogP contribution in [0.5, 0.6) is 0 Å². The molecular formula is C15H31N3. The summed E-state index contributed by atoms with van der Waals surface area (Å²) >= 11 is 0. The van der Waals surface area contributed by atoms with Gasteiger partial charge in [-0.25, -0.2) is 0 Å². The third kappa shape index (κ3) is 3.69. The van der Waals surface area contributed by atoms with Gasteiger partial charge in [0.2, 0.25) is 0 Å². The van der Waals surface area contributed by atoms with E-state index >= 15 is 0 Å². The maximum absolute atomic E-state index is 6.03. The second-order valence-corrected chi connectivity index (χ2v) is 6.71. The van der Waals surface area contributed by atoms with E-state index in [-0.39, 0.29) is 0 Å². The Morgan fingerprint density at radius 2 is 1.67 bits per heavy atom. The van der Waals surface area contributed by atoms with Crippen LogP contribution >= 0.6 is 0 Å². The molecule has 0 spiro atoms. The molecule has 0 aromatic rings. The van der Waals surface area contributed by atoms with Crippen LogP contribution in [0.2, 0.25) is 0 Å². The number of piperazine rings is 1. The molecule has 0 radical (unpaired) electrons. The Morgan fingerprint density at radius 3 is 2.11 bits per heavy atom. The topological polar surface area (TPSA) is 32.5 Å². The van der Waals surface area contributed by atoms with Crippen LogP contribution in [0.3, 0.4) is 0 Å². The van der Waals surface area contributed by atoms with E-state index in [1.165, 1.54) is 45.4 Å². The van der Waals surface area contributed by atoms with Gasteiger partial charge < -0.3 is 5.73 Å². The molecule has 0 bridgehead atoms. The van der Waals surface area contributed by atoms with Crippen molar-refractivity contribution in [3.05, 3.63) is 0 Å². The van der Waals surface area contributed by atoms with Gasteiger partial charge in [0.15, 0.2) is 0 Å². The van der Waals surface area contributed by atoms with Gasteiger partial charge in [-0.1, -0.05) is 20.8 Å². The van der Waals surface area contributed by atoms with E-state index in [0.29, 0.717) is 6.04 Å². The lowest BCUT2D eigenvalue weighted by Gasteiger charge is -2.41. The Hall–Kier alpha value is -0.120. The van der Waals surface area contributed by atoms with Gasteiger partial charge in [-0.05, 0) is 31.1 Å². The second kappa shape index (κ2) is 6.36. The van der Waals surface area contributed by atoms with E-state index in [4.69, 9.17) is 5.73 Å². The van der Waals surface area contributed by atoms with Gasteiger partial charge in [0, 0.05) is 44.8 Å². The zero-order chi connectivity index (χ0) is 13.1. The summed E-state index contributed by atoms with van der Waals surface area (Å²) in [6.45, 7) is 12.8. The first kappa shape index (κ1) is 14.3. The summed E-state index contributed by atoms with van der Waals surface area (Å²) in [7, 11) is 0. The molecule has 2 rings (SSSR count). The second-order valence-electron chi connectivity index (χ2n) is 6.71. The molecule has 1 heterocycles. The minimum absolute atomic E-state index is 0.591. The van der Waals surface area contributed by atoms with Crippen LogP contribution in [0.1, 0.15) is 40.0 Å². The Morgan fingerprint density at radius 1 is 1.06 bits per heavy atom. The molecule has 0 aromatic heterocycles. The molecule has 2 unspecified atom stereocenters. The summed E-state index contributed by atoms with van der Waals surface area (Å²) in [5.41, 5.74) is 6.03. The fourth-order valence-electron chi connectivity index (χ4n) is 3.52. The minimum atomic E-state index is 0.591. The molecule has 0 amide bonds. The van der Waals surface area contributed by atoms with Gasteiger partial charge in [-0.15, -0.1) is 0 Å². The third-order valence-corrected chi connectivity index (χ3v) is 4.62. The van der Waals surface area contributed by atoms with Gasteiger partial charge in [0.25, 0.3) is 0 Å². The summed E-state index contributed by atoms with van der Waals surface area (Å²) in [5, 5.41) is 0. The maximum Gasteiger partial charge on any atom is 0.0245 e. The number of rotatable bonds is 6. The highest BCUT2D eigenvalue weighted by Crippen LogP contribution is 2.28. The zero-order valence-electron chi connectivity index (χ0n) is 12.4. The standard InChI is InChI=1S/C15H31N3/c1-12(2)10-13(3)15(11-16)18-8-6-17(7-9-18)14-4-5-14/h12-15H,4-11,16H2,1-3H3. The van der Waals surface area contributed by atoms with Crippen molar-refractivity contribution in [3.63, 3.8) is 0 Å². The first-order valence-electron chi connectivity index (χ1n) is 7.80. The van der Waals surface area contributed by atoms with Crippen molar-refractivity contribution in [1.82, 2.24) is 9.80 Å². The van der Waals surface area contributed by atoms with E-state index < -0.39 is 0 Å². The zero-order valence-corrected chi connectivity index (χ0v) is 12.4. The third-order valence-electron chi connectivity index (χ3n) is 4.62. The smallest absolute Gasteiger partial charge is 0.0245 e. The van der Waals surface area contributed by atoms with Crippen LogP contribution in [-0.2, 0) is 0 Å². The van der Waals surface area contributed by atoms with E-state index in [1.54, 1.807) is 0 Å². The van der Waals surface area contributed by atoms with Crippen LogP contribution in [0.25, 0.3) is 0 Å². The highest BCUT2D eigenvalue weighted by atomic mass is 15.3. The summed E-state index contributed by atoms with van der Waals surface area (Å²) < 4.78 is 0. The van der Waals surface area contributed by atoms with E-state index in [1.807, 2.05) is 0 Å². The molecule has 2 N–H and O–H groups in total. The molecule has 3 nitrogen and oxygen atoms in total. The number of hydrogen-bond donors (Lipinski definition) is 1. The first-order valence-corrected chi connectivity index (χ1v) is 7.80. The molecular weight excluding hydrogens is 222 g/mol. The van der Waals surface area contributed by atoms with Crippen molar-refractivity contribution in [2.75, 3.05) is 32.7 Å². The fraction of sp³-hybridized carbons (Fsp3) is 1.00. The highest BCUT2D eigenvalue weighted by Gasteiger charge is 2.33. The number of nitrogens with two attached hydrogens (primary N) is 1. The van der Waals surface area contributed by atoms with E-state index in [0.717, 1.165) is 24.4 Å². The number of hydrogen-bond acceptors (Lipinski definition) is 3. The van der Waals surface area contributed by atoms with Gasteiger partial charge in [0.1, 0.15) is 0 Å². The number of nitrogens with zero attached hydrogens (tertiary/aromatic N) is 2. The lowest BCUT2D eigenvalue weighted by atomic mass is 9.90. The predicted octanol–water partition coefficient (Wildman–Crippen LogP) is 1.78. The van der Waals surface area contributed by atoms with Gasteiger partial charge in [-0.3, -0.25) is 9.80 Å². The minimum Gasteiger partial charge on any atom is -0.329 e. The van der Waals surface area contributed by atoms with Gasteiger partial charge in [-0.2, -0.15) is 0 Å². The molecule has 1 aliphatic carbocycles. The Bertz CT molecular complexity index is 242. The van der Waals surface area contributed by atoms with Crippen molar-refractivity contribution in [3.8, 4) is 0 Å². The lowest BCUT2D eigenvalue weighted by molar-refractivity contribution is 0.0678. The molecule has 1 saturated heterocycles. The average molecular weight is 253 g/mol.